The van der Waals surface area contributed by atoms with E-state index in [0.29, 0.717) is 18.5 Å². The van der Waals surface area contributed by atoms with E-state index in [0.717, 1.165) is 11.6 Å². The minimum absolute atomic E-state index is 0.0313. The first-order valence-corrected chi connectivity index (χ1v) is 12.2. The number of rotatable bonds is 8. The number of carboxylic acid groups (broad SMARTS) is 1. The van der Waals surface area contributed by atoms with E-state index in [9.17, 15) is 23.6 Å². The first kappa shape index (κ1) is 27.4. The molecule has 1 atom stereocenters. The summed E-state index contributed by atoms with van der Waals surface area (Å²) >= 11 is 3.18. The molecule has 0 fully saturated rings. The van der Waals surface area contributed by atoms with Gasteiger partial charge in [0, 0.05) is 25.1 Å². The van der Waals surface area contributed by atoms with Crippen molar-refractivity contribution in [3.05, 3.63) is 39.1 Å². The maximum Gasteiger partial charge on any atom is 0.407 e. The fraction of sp³-hybridized carbons (Fsp3) is 0.500. The van der Waals surface area contributed by atoms with Crippen molar-refractivity contribution < 1.29 is 38.1 Å². The Bertz CT molecular complexity index is 1120. The number of nitrogens with zero attached hydrogens (tertiary/aromatic N) is 2. The van der Waals surface area contributed by atoms with Crippen LogP contribution >= 0.6 is 15.9 Å². The molecule has 0 saturated heterocycles. The minimum Gasteiger partial charge on any atom is -0.488 e. The lowest BCUT2D eigenvalue weighted by molar-refractivity contribution is -0.155. The fourth-order valence-corrected chi connectivity index (χ4v) is 4.54. The molecule has 0 aromatic heterocycles. The number of fused-ring (bicyclic) bond motifs is 1. The van der Waals surface area contributed by atoms with Gasteiger partial charge in [0.1, 0.15) is 29.8 Å². The predicted molar refractivity (Wildman–Crippen MR) is 130 cm³/mol. The van der Waals surface area contributed by atoms with E-state index in [1.54, 1.807) is 26.8 Å². The van der Waals surface area contributed by atoms with Crippen molar-refractivity contribution in [3.8, 4) is 5.75 Å². The Morgan fingerprint density at radius 3 is 2.56 bits per heavy atom. The number of ether oxygens (including phenoxy) is 2. The van der Waals surface area contributed by atoms with Crippen LogP contribution in [0.2, 0.25) is 0 Å². The Morgan fingerprint density at radius 1 is 1.31 bits per heavy atom. The van der Waals surface area contributed by atoms with Crippen LogP contribution in [0.4, 0.5) is 9.18 Å². The highest BCUT2D eigenvalue weighted by Crippen LogP contribution is 2.40. The van der Waals surface area contributed by atoms with Gasteiger partial charge in [0.25, 0.3) is 5.91 Å². The first-order valence-electron chi connectivity index (χ1n) is 11.4. The van der Waals surface area contributed by atoms with Crippen LogP contribution in [0.15, 0.2) is 22.2 Å². The number of esters is 1. The van der Waals surface area contributed by atoms with Crippen LogP contribution < -0.4 is 10.5 Å². The monoisotopic (exact) mass is 569 g/mol. The number of carbonyl (C=O) groups excluding carboxylic acids is 3. The highest BCUT2D eigenvalue weighted by atomic mass is 79.9. The lowest BCUT2D eigenvalue weighted by Gasteiger charge is -2.26. The molecule has 0 aliphatic carbocycles. The molecular formula is C24H29BrFN3O7. The van der Waals surface area contributed by atoms with Gasteiger partial charge in [-0.25, -0.2) is 9.18 Å². The van der Waals surface area contributed by atoms with Gasteiger partial charge in [0.05, 0.1) is 16.6 Å². The van der Waals surface area contributed by atoms with Gasteiger partial charge in [-0.2, -0.15) is 0 Å². The highest BCUT2D eigenvalue weighted by Gasteiger charge is 2.39. The number of carbonyl (C=O) groups is 4. The molecule has 0 unspecified atom stereocenters. The topological polar surface area (TPSA) is 139 Å². The molecule has 0 radical (unpaired) electrons. The SMILES string of the molecule is CC(C)(C)OC(=O)CC[C@@H](C(N)=O)N1Cc2c(cc(F)c(Br)c2OCC2=CCN(C(=O)O)CC2)C1=O. The molecule has 196 valence electrons. The highest BCUT2D eigenvalue weighted by molar-refractivity contribution is 9.10. The van der Waals surface area contributed by atoms with Gasteiger partial charge in [-0.05, 0) is 61.2 Å². The molecular weight excluding hydrogens is 541 g/mol. The number of benzene rings is 1. The molecule has 2 heterocycles. The molecule has 3 amide bonds. The third kappa shape index (κ3) is 6.34. The summed E-state index contributed by atoms with van der Waals surface area (Å²) in [7, 11) is 0. The molecule has 10 nitrogen and oxygen atoms in total. The Balaban J connectivity index is 1.77. The number of halogens is 2. The smallest absolute Gasteiger partial charge is 0.407 e. The van der Waals surface area contributed by atoms with Crippen LogP contribution in [-0.2, 0) is 20.9 Å². The van der Waals surface area contributed by atoms with Gasteiger partial charge in [-0.15, -0.1) is 0 Å². The number of hydrogen-bond donors (Lipinski definition) is 2. The third-order valence-electron chi connectivity index (χ3n) is 5.82. The van der Waals surface area contributed by atoms with Crippen molar-refractivity contribution in [1.29, 1.82) is 0 Å². The van der Waals surface area contributed by atoms with Crippen LogP contribution in [0.25, 0.3) is 0 Å². The average molecular weight is 570 g/mol. The summed E-state index contributed by atoms with van der Waals surface area (Å²) in [6, 6.07) is -0.0272. The van der Waals surface area contributed by atoms with Crippen molar-refractivity contribution in [2.24, 2.45) is 5.73 Å². The standard InChI is InChI=1S/C24H29BrFN3O7/c1-24(2,3)36-18(30)5-4-17(21(27)31)29-11-15-14(22(29)32)10-16(26)19(25)20(15)35-12-13-6-8-28(9-7-13)23(33)34/h6,10,17H,4-5,7-9,11-12H2,1-3H3,(H2,27,31)(H,33,34)/t17-/m0/s1. The molecule has 3 N–H and O–H groups in total. The quantitative estimate of drug-likeness (QED) is 0.362. The zero-order chi connectivity index (χ0) is 26.8. The van der Waals surface area contributed by atoms with Crippen molar-refractivity contribution in [2.75, 3.05) is 19.7 Å². The lowest BCUT2D eigenvalue weighted by atomic mass is 10.1. The largest absolute Gasteiger partial charge is 0.488 e. The lowest BCUT2D eigenvalue weighted by Crippen LogP contribution is -2.45. The van der Waals surface area contributed by atoms with Crippen LogP contribution in [0.3, 0.4) is 0 Å². The van der Waals surface area contributed by atoms with Crippen LogP contribution in [0.5, 0.6) is 5.75 Å². The first-order chi connectivity index (χ1) is 16.8. The van der Waals surface area contributed by atoms with E-state index in [4.69, 9.17) is 20.3 Å². The maximum atomic E-state index is 14.7. The van der Waals surface area contributed by atoms with E-state index in [-0.39, 0.29) is 48.3 Å². The van der Waals surface area contributed by atoms with E-state index in [1.807, 2.05) is 0 Å². The van der Waals surface area contributed by atoms with Gasteiger partial charge >= 0.3 is 12.1 Å². The molecule has 36 heavy (non-hydrogen) atoms. The molecule has 0 spiro atoms. The fourth-order valence-electron chi connectivity index (χ4n) is 4.07. The van der Waals surface area contributed by atoms with Gasteiger partial charge in [-0.3, -0.25) is 14.4 Å². The van der Waals surface area contributed by atoms with Gasteiger partial charge in [-0.1, -0.05) is 6.08 Å². The second kappa shape index (κ2) is 10.9. The number of hydrogen-bond acceptors (Lipinski definition) is 6. The summed E-state index contributed by atoms with van der Waals surface area (Å²) in [6.45, 7) is 5.71. The van der Waals surface area contributed by atoms with Crippen molar-refractivity contribution >= 4 is 39.8 Å². The summed E-state index contributed by atoms with van der Waals surface area (Å²) in [6.07, 6.45) is 1.01. The summed E-state index contributed by atoms with van der Waals surface area (Å²) in [4.78, 5) is 51.0. The second-order valence-electron chi connectivity index (χ2n) is 9.63. The number of primary amides is 1. The molecule has 0 bridgehead atoms. The summed E-state index contributed by atoms with van der Waals surface area (Å²) < 4.78 is 25.9. The molecule has 1 aromatic carbocycles. The Kier molecular flexibility index (Phi) is 8.27. The van der Waals surface area contributed by atoms with Crippen molar-refractivity contribution in [2.45, 2.75) is 58.2 Å². The predicted octanol–water partition coefficient (Wildman–Crippen LogP) is 3.21. The molecule has 1 aromatic rings. The maximum absolute atomic E-state index is 14.7. The van der Waals surface area contributed by atoms with Gasteiger partial charge in [0.15, 0.2) is 0 Å². The van der Waals surface area contributed by atoms with Gasteiger partial charge < -0.3 is 30.1 Å². The van der Waals surface area contributed by atoms with E-state index < -0.39 is 41.3 Å². The van der Waals surface area contributed by atoms with Gasteiger partial charge in [0.2, 0.25) is 5.91 Å². The summed E-state index contributed by atoms with van der Waals surface area (Å²) in [5, 5.41) is 9.08. The molecule has 12 heteroatoms. The molecule has 0 saturated carbocycles. The Labute approximate surface area is 216 Å². The number of amides is 3. The van der Waals surface area contributed by atoms with E-state index >= 15 is 0 Å². The molecule has 2 aliphatic heterocycles. The summed E-state index contributed by atoms with van der Waals surface area (Å²) in [5.74, 6) is -2.51. The second-order valence-corrected chi connectivity index (χ2v) is 10.4. The molecule has 3 rings (SSSR count). The summed E-state index contributed by atoms with van der Waals surface area (Å²) in [5.41, 5.74) is 6.13. The van der Waals surface area contributed by atoms with Crippen molar-refractivity contribution in [3.63, 3.8) is 0 Å². The van der Waals surface area contributed by atoms with Crippen LogP contribution in [-0.4, -0.2) is 70.1 Å². The Hall–Kier alpha value is -3.15. The number of nitrogens with two attached hydrogens (primary N) is 1. The zero-order valence-electron chi connectivity index (χ0n) is 20.3. The zero-order valence-corrected chi connectivity index (χ0v) is 21.9. The van der Waals surface area contributed by atoms with Crippen molar-refractivity contribution in [1.82, 2.24) is 9.80 Å². The Morgan fingerprint density at radius 2 is 2.00 bits per heavy atom. The normalized spacial score (nSPS) is 16.4. The van der Waals surface area contributed by atoms with E-state index in [1.165, 1.54) is 9.80 Å². The third-order valence-corrected chi connectivity index (χ3v) is 6.56. The molecule has 2 aliphatic rings. The minimum atomic E-state index is -1.10. The van der Waals surface area contributed by atoms with E-state index in [2.05, 4.69) is 15.9 Å². The average Bonchev–Trinajstić information content (AvgIpc) is 3.09. The van der Waals surface area contributed by atoms with Crippen LogP contribution in [0.1, 0.15) is 56.0 Å². The van der Waals surface area contributed by atoms with Crippen LogP contribution in [0, 0.1) is 5.82 Å².